The van der Waals surface area contributed by atoms with E-state index in [0.717, 1.165) is 57.7 Å². The molecule has 0 spiro atoms. The third-order valence-electron chi connectivity index (χ3n) is 10.1. The Morgan fingerprint density at radius 1 is 0.898 bits per heavy atom. The minimum atomic E-state index is -0.977. The Morgan fingerprint density at radius 3 is 2.02 bits per heavy atom. The van der Waals surface area contributed by atoms with Crippen molar-refractivity contribution in [1.29, 1.82) is 0 Å². The van der Waals surface area contributed by atoms with Crippen LogP contribution in [0.1, 0.15) is 103 Å². The number of nitrogens with two attached hydrogens (primary N) is 2. The summed E-state index contributed by atoms with van der Waals surface area (Å²) in [6.45, 7) is 10.4. The number of hydrazine groups is 1. The van der Waals surface area contributed by atoms with Crippen LogP contribution in [0.4, 0.5) is 4.79 Å². The number of primary amides is 1. The first-order valence-electron chi connectivity index (χ1n) is 17.7. The molecule has 0 bridgehead atoms. The van der Waals surface area contributed by atoms with Gasteiger partial charge >= 0.3 is 6.03 Å². The van der Waals surface area contributed by atoms with Gasteiger partial charge in [-0.3, -0.25) is 30.3 Å². The number of rotatable bonds is 13. The molecule has 3 unspecified atom stereocenters. The second-order valence-corrected chi connectivity index (χ2v) is 15.1. The van der Waals surface area contributed by atoms with Crippen LogP contribution in [0.25, 0.3) is 0 Å². The van der Waals surface area contributed by atoms with Crippen LogP contribution in [0.2, 0.25) is 0 Å². The van der Waals surface area contributed by atoms with Crippen molar-refractivity contribution in [1.82, 2.24) is 26.3 Å². The van der Waals surface area contributed by atoms with E-state index >= 15 is 0 Å². The lowest BCUT2D eigenvalue weighted by Gasteiger charge is -2.36. The highest BCUT2D eigenvalue weighted by atomic mass is 16.2. The van der Waals surface area contributed by atoms with Crippen LogP contribution in [-0.4, -0.2) is 77.5 Å². The number of carbonyl (C=O) groups is 6. The second-order valence-electron chi connectivity index (χ2n) is 15.1. The molecule has 49 heavy (non-hydrogen) atoms. The van der Waals surface area contributed by atoms with Crippen LogP contribution in [0.5, 0.6) is 0 Å². The largest absolute Gasteiger partial charge is 0.363 e. The molecule has 1 saturated heterocycles. The number of benzene rings is 1. The first-order chi connectivity index (χ1) is 23.2. The quantitative estimate of drug-likeness (QED) is 0.0451. The molecule has 3 fully saturated rings. The minimum Gasteiger partial charge on any atom is -0.363 e. The Balaban J connectivity index is 0.000000419. The van der Waals surface area contributed by atoms with Gasteiger partial charge in [0.25, 0.3) is 11.7 Å². The molecular weight excluding hydrogens is 626 g/mol. The molecule has 5 atom stereocenters. The Kier molecular flexibility index (Phi) is 14.9. The molecule has 1 heterocycles. The van der Waals surface area contributed by atoms with Crippen molar-refractivity contribution in [3.63, 3.8) is 0 Å². The van der Waals surface area contributed by atoms with Crippen molar-refractivity contribution in [3.8, 4) is 0 Å². The SMILES string of the molecule is CC(C)[C@@H]1C[C@@H](C=O)N(C(=O)C(NC(=O)NC(C(=O)c2ccccc2)C2CCCCC2)C(C)(C)C)C1.NNC(NC1CCC1)C(=O)C(N)=O. The lowest BCUT2D eigenvalue weighted by atomic mass is 9.81. The zero-order valence-electron chi connectivity index (χ0n) is 29.7. The van der Waals surface area contributed by atoms with Crippen LogP contribution >= 0.6 is 0 Å². The standard InChI is InChI=1S/C29H43N3O4.C7H14N4O2/c1-19(2)22-16-23(18-33)32(17-22)27(35)26(29(3,4)5)31-28(36)30-24(20-12-8-6-9-13-20)25(34)21-14-10-7-11-15-21;8-6(13)5(12)7(11-9)10-4-2-1-3-4/h7,10-11,14-15,18-20,22-24,26H,6,8-9,12-13,16-17H2,1-5H3,(H2,30,31,36);4,7,10-11H,1-3,9H2,(H2,8,13)/t22-,23+,24?,26?;/m1./s1. The van der Waals surface area contributed by atoms with E-state index in [0.29, 0.717) is 24.4 Å². The molecule has 1 aromatic rings. The Morgan fingerprint density at radius 2 is 1.53 bits per heavy atom. The van der Waals surface area contributed by atoms with Crippen LogP contribution in [-0.2, 0) is 19.2 Å². The van der Waals surface area contributed by atoms with Gasteiger partial charge in [0.2, 0.25) is 5.91 Å². The van der Waals surface area contributed by atoms with E-state index in [1.807, 2.05) is 39.0 Å². The molecule has 3 aliphatic rings. The number of nitrogens with one attached hydrogen (secondary N) is 4. The van der Waals surface area contributed by atoms with Gasteiger partial charge in [0.1, 0.15) is 18.5 Å². The Hall–Kier alpha value is -3.68. The van der Waals surface area contributed by atoms with Crippen LogP contribution in [0, 0.1) is 23.2 Å². The first kappa shape index (κ1) is 39.8. The van der Waals surface area contributed by atoms with Gasteiger partial charge in [0, 0.05) is 18.2 Å². The summed E-state index contributed by atoms with van der Waals surface area (Å²) in [7, 11) is 0. The van der Waals surface area contributed by atoms with E-state index in [-0.39, 0.29) is 29.6 Å². The van der Waals surface area contributed by atoms with Gasteiger partial charge in [0.15, 0.2) is 5.78 Å². The van der Waals surface area contributed by atoms with E-state index in [1.54, 1.807) is 17.0 Å². The summed E-state index contributed by atoms with van der Waals surface area (Å²) in [6, 6.07) is 6.85. The van der Waals surface area contributed by atoms with Gasteiger partial charge in [-0.25, -0.2) is 10.2 Å². The number of hydrogen-bond acceptors (Lipinski definition) is 9. The van der Waals surface area contributed by atoms with Gasteiger partial charge in [-0.1, -0.05) is 90.6 Å². The lowest BCUT2D eigenvalue weighted by Crippen LogP contribution is -2.60. The molecule has 4 amide bonds. The summed E-state index contributed by atoms with van der Waals surface area (Å²) in [5, 5.41) is 8.73. The molecule has 1 aliphatic heterocycles. The average molecular weight is 684 g/mol. The molecule has 13 heteroatoms. The monoisotopic (exact) mass is 683 g/mol. The summed E-state index contributed by atoms with van der Waals surface area (Å²) in [5.41, 5.74) is 7.03. The molecule has 0 aromatic heterocycles. The maximum absolute atomic E-state index is 13.7. The molecule has 272 valence electrons. The summed E-state index contributed by atoms with van der Waals surface area (Å²) in [5.74, 6) is 3.71. The van der Waals surface area contributed by atoms with E-state index in [1.165, 1.54) is 0 Å². The maximum Gasteiger partial charge on any atom is 0.316 e. The van der Waals surface area contributed by atoms with Gasteiger partial charge in [-0.2, -0.15) is 0 Å². The third kappa shape index (κ3) is 11.2. The van der Waals surface area contributed by atoms with Crippen molar-refractivity contribution in [2.24, 2.45) is 34.7 Å². The van der Waals surface area contributed by atoms with E-state index in [9.17, 15) is 28.8 Å². The second kappa shape index (κ2) is 18.4. The fourth-order valence-corrected chi connectivity index (χ4v) is 6.69. The normalized spacial score (nSPS) is 21.7. The van der Waals surface area contributed by atoms with Crippen LogP contribution in [0.3, 0.4) is 0 Å². The molecule has 4 rings (SSSR count). The average Bonchev–Trinajstić information content (AvgIpc) is 3.51. The van der Waals surface area contributed by atoms with Crippen molar-refractivity contribution in [2.45, 2.75) is 123 Å². The Labute approximate surface area is 290 Å². The highest BCUT2D eigenvalue weighted by Crippen LogP contribution is 2.32. The molecular formula is C36H57N7O6. The van der Waals surface area contributed by atoms with Gasteiger partial charge in [0.05, 0.1) is 12.1 Å². The number of Topliss-reactive ketones (excluding diaryl/α,β-unsaturated/α-hetero) is 2. The molecule has 2 saturated carbocycles. The first-order valence-corrected chi connectivity index (χ1v) is 17.7. The zero-order valence-corrected chi connectivity index (χ0v) is 29.7. The number of nitrogens with zero attached hydrogens (tertiary/aromatic N) is 1. The molecule has 1 aromatic carbocycles. The predicted molar refractivity (Wildman–Crippen MR) is 187 cm³/mol. The van der Waals surface area contributed by atoms with E-state index < -0.39 is 47.4 Å². The number of ketones is 2. The minimum absolute atomic E-state index is 0.0609. The summed E-state index contributed by atoms with van der Waals surface area (Å²) < 4.78 is 0. The van der Waals surface area contributed by atoms with Crippen molar-refractivity contribution in [3.05, 3.63) is 35.9 Å². The number of amides is 4. The summed E-state index contributed by atoms with van der Waals surface area (Å²) in [6.07, 6.45) is 8.77. The molecule has 0 radical (unpaired) electrons. The van der Waals surface area contributed by atoms with Crippen molar-refractivity contribution >= 4 is 35.7 Å². The fraction of sp³-hybridized carbons (Fsp3) is 0.667. The number of aldehydes is 1. The Bertz CT molecular complexity index is 1290. The predicted octanol–water partition coefficient (Wildman–Crippen LogP) is 2.58. The van der Waals surface area contributed by atoms with E-state index in [2.05, 4.69) is 35.2 Å². The zero-order chi connectivity index (χ0) is 36.3. The van der Waals surface area contributed by atoms with E-state index in [4.69, 9.17) is 11.6 Å². The molecule has 13 nitrogen and oxygen atoms in total. The summed E-state index contributed by atoms with van der Waals surface area (Å²) >= 11 is 0. The topological polar surface area (TPSA) is 206 Å². The highest BCUT2D eigenvalue weighted by molar-refractivity contribution is 6.37. The van der Waals surface area contributed by atoms with Gasteiger partial charge < -0.3 is 26.1 Å². The number of carbonyl (C=O) groups excluding carboxylic acids is 6. The third-order valence-corrected chi connectivity index (χ3v) is 10.1. The summed E-state index contributed by atoms with van der Waals surface area (Å²) in [4.78, 5) is 75.4. The van der Waals surface area contributed by atoms with Crippen LogP contribution < -0.4 is 33.0 Å². The van der Waals surface area contributed by atoms with Crippen molar-refractivity contribution in [2.75, 3.05) is 6.54 Å². The number of likely N-dealkylation sites (tertiary alicyclic amines) is 1. The van der Waals surface area contributed by atoms with Crippen molar-refractivity contribution < 1.29 is 28.8 Å². The molecule has 2 aliphatic carbocycles. The van der Waals surface area contributed by atoms with Gasteiger partial charge in [-0.05, 0) is 55.3 Å². The van der Waals surface area contributed by atoms with Crippen LogP contribution in [0.15, 0.2) is 30.3 Å². The number of urea groups is 1. The molecule has 8 N–H and O–H groups in total. The highest BCUT2D eigenvalue weighted by Gasteiger charge is 2.43. The smallest absolute Gasteiger partial charge is 0.316 e. The lowest BCUT2D eigenvalue weighted by molar-refractivity contribution is -0.138. The number of hydrogen-bond donors (Lipinski definition) is 6. The fourth-order valence-electron chi connectivity index (χ4n) is 6.69. The maximum atomic E-state index is 13.7. The van der Waals surface area contributed by atoms with Gasteiger partial charge in [-0.15, -0.1) is 0 Å².